The van der Waals surface area contributed by atoms with Crippen molar-refractivity contribution in [1.29, 1.82) is 0 Å². The summed E-state index contributed by atoms with van der Waals surface area (Å²) in [7, 11) is 0. The number of fused-ring (bicyclic) bond motifs is 9. The molecular formula is C58H39NO. The molecule has 0 aliphatic heterocycles. The number of rotatable bonds is 6. The smallest absolute Gasteiger partial charge is 0.143 e. The van der Waals surface area contributed by atoms with Gasteiger partial charge in [0.15, 0.2) is 0 Å². The molecule has 60 heavy (non-hydrogen) atoms. The van der Waals surface area contributed by atoms with Gasteiger partial charge in [-0.25, -0.2) is 0 Å². The van der Waals surface area contributed by atoms with E-state index in [-0.39, 0.29) is 0 Å². The van der Waals surface area contributed by atoms with Crippen molar-refractivity contribution >= 4 is 77.4 Å². The molecule has 0 unspecified atom stereocenters. The number of benzene rings is 10. The number of para-hydroxylation sites is 2. The van der Waals surface area contributed by atoms with E-state index in [1.165, 1.54) is 65.7 Å². The van der Waals surface area contributed by atoms with Crippen molar-refractivity contribution in [3.05, 3.63) is 217 Å². The predicted octanol–water partition coefficient (Wildman–Crippen LogP) is 16.5. The molecule has 11 aromatic rings. The Bertz CT molecular complexity index is 3460. The van der Waals surface area contributed by atoms with Gasteiger partial charge in [-0.15, -0.1) is 0 Å². The fraction of sp³-hybridized carbons (Fsp3) is 0.0345. The number of nitrogens with zero attached hydrogens (tertiary/aromatic N) is 1. The fourth-order valence-corrected chi connectivity index (χ4v) is 9.42. The minimum atomic E-state index is 0.909. The molecule has 1 aliphatic carbocycles. The van der Waals surface area contributed by atoms with Crippen LogP contribution in [0.1, 0.15) is 17.5 Å². The van der Waals surface area contributed by atoms with Crippen molar-refractivity contribution in [2.75, 3.05) is 4.90 Å². The van der Waals surface area contributed by atoms with Gasteiger partial charge in [-0.1, -0.05) is 158 Å². The molecule has 1 aromatic heterocycles. The van der Waals surface area contributed by atoms with Gasteiger partial charge in [0, 0.05) is 33.4 Å². The predicted molar refractivity (Wildman–Crippen MR) is 255 cm³/mol. The lowest BCUT2D eigenvalue weighted by Crippen LogP contribution is -2.09. The average Bonchev–Trinajstić information content (AvgIpc) is 3.71. The van der Waals surface area contributed by atoms with E-state index in [0.717, 1.165) is 63.0 Å². The Balaban J connectivity index is 0.935. The average molecular weight is 766 g/mol. The zero-order valence-electron chi connectivity index (χ0n) is 33.0. The van der Waals surface area contributed by atoms with Crippen LogP contribution in [0.4, 0.5) is 17.1 Å². The summed E-state index contributed by atoms with van der Waals surface area (Å²) in [6.45, 7) is 0. The number of hydrogen-bond acceptors (Lipinski definition) is 2. The van der Waals surface area contributed by atoms with Crippen LogP contribution in [0.3, 0.4) is 0 Å². The van der Waals surface area contributed by atoms with E-state index in [2.05, 4.69) is 205 Å². The molecule has 0 atom stereocenters. The van der Waals surface area contributed by atoms with Crippen LogP contribution in [0.5, 0.6) is 0 Å². The second kappa shape index (κ2) is 14.0. The highest BCUT2D eigenvalue weighted by Gasteiger charge is 2.17. The van der Waals surface area contributed by atoms with Gasteiger partial charge in [0.2, 0.25) is 0 Å². The molecule has 0 radical (unpaired) electrons. The van der Waals surface area contributed by atoms with E-state index < -0.39 is 0 Å². The molecule has 0 saturated carbocycles. The lowest BCUT2D eigenvalue weighted by Gasteiger charge is -2.26. The molecule has 0 saturated heterocycles. The minimum absolute atomic E-state index is 0.909. The first-order valence-electron chi connectivity index (χ1n) is 20.9. The Labute approximate surface area is 348 Å². The molecule has 0 amide bonds. The van der Waals surface area contributed by atoms with Crippen LogP contribution in [0, 0.1) is 0 Å². The standard InChI is InChI=1S/C58H39NO/c1-3-10-50-40(8-1)16-18-43-20-22-45(36-55(43)50)38-24-30-47(31-25-38)59(49-34-28-42(29-35-49)52-13-7-14-54-53-12-5-6-15-57(53)60-58(52)54)48-32-26-39(27-33-48)46-23-21-44-19-17-41-9-2-4-11-51(41)56(44)37-46/h1,3-8,10-37H,2,9H2. The van der Waals surface area contributed by atoms with Crippen LogP contribution in [0.25, 0.3) is 93.7 Å². The van der Waals surface area contributed by atoms with Gasteiger partial charge >= 0.3 is 0 Å². The Hall–Kier alpha value is -7.68. The molecule has 282 valence electrons. The van der Waals surface area contributed by atoms with Crippen molar-refractivity contribution < 1.29 is 4.42 Å². The lowest BCUT2D eigenvalue weighted by molar-refractivity contribution is 0.670. The quantitative estimate of drug-likeness (QED) is 0.157. The highest BCUT2D eigenvalue weighted by Crippen LogP contribution is 2.41. The topological polar surface area (TPSA) is 16.4 Å². The maximum atomic E-state index is 6.43. The minimum Gasteiger partial charge on any atom is -0.455 e. The summed E-state index contributed by atoms with van der Waals surface area (Å²) in [4.78, 5) is 2.36. The van der Waals surface area contributed by atoms with E-state index in [9.17, 15) is 0 Å². The normalized spacial score (nSPS) is 12.5. The molecule has 0 spiro atoms. The van der Waals surface area contributed by atoms with Crippen LogP contribution in [0.2, 0.25) is 0 Å². The number of aryl methyl sites for hydroxylation is 1. The summed E-state index contributed by atoms with van der Waals surface area (Å²) in [5.41, 5.74) is 14.9. The molecular weight excluding hydrogens is 727 g/mol. The molecule has 12 rings (SSSR count). The largest absolute Gasteiger partial charge is 0.455 e. The van der Waals surface area contributed by atoms with Crippen molar-refractivity contribution in [1.82, 2.24) is 0 Å². The molecule has 2 heteroatoms. The van der Waals surface area contributed by atoms with Crippen LogP contribution in [0.15, 0.2) is 211 Å². The highest BCUT2D eigenvalue weighted by molar-refractivity contribution is 6.10. The molecule has 10 aromatic carbocycles. The van der Waals surface area contributed by atoms with E-state index in [0.29, 0.717) is 0 Å². The Morgan fingerprint density at radius 2 is 0.917 bits per heavy atom. The van der Waals surface area contributed by atoms with Gasteiger partial charge in [0.25, 0.3) is 0 Å². The summed E-state index contributed by atoms with van der Waals surface area (Å²) in [6.07, 6.45) is 6.83. The highest BCUT2D eigenvalue weighted by atomic mass is 16.3. The first-order valence-corrected chi connectivity index (χ1v) is 20.9. The van der Waals surface area contributed by atoms with Crippen molar-refractivity contribution in [3.63, 3.8) is 0 Å². The monoisotopic (exact) mass is 765 g/mol. The van der Waals surface area contributed by atoms with Crippen LogP contribution in [-0.2, 0) is 6.42 Å². The third kappa shape index (κ3) is 5.80. The summed E-state index contributed by atoms with van der Waals surface area (Å²) >= 11 is 0. The fourth-order valence-electron chi connectivity index (χ4n) is 9.42. The number of anilines is 3. The Morgan fingerprint density at radius 1 is 0.383 bits per heavy atom. The summed E-state index contributed by atoms with van der Waals surface area (Å²) in [5, 5.41) is 9.95. The maximum Gasteiger partial charge on any atom is 0.143 e. The van der Waals surface area contributed by atoms with E-state index in [4.69, 9.17) is 4.42 Å². The Kier molecular flexibility index (Phi) is 8.02. The van der Waals surface area contributed by atoms with Gasteiger partial charge in [0.05, 0.1) is 0 Å². The molecule has 0 N–H and O–H groups in total. The lowest BCUT2D eigenvalue weighted by atomic mass is 9.90. The van der Waals surface area contributed by atoms with Crippen molar-refractivity contribution in [2.24, 2.45) is 0 Å². The third-order valence-electron chi connectivity index (χ3n) is 12.5. The SMILES string of the molecule is C1=Cc2c(ccc3ccc(-c4ccc(N(c5ccc(-c6ccc7ccc8ccccc8c7c6)cc5)c5ccc(-c6cccc7c6oc6ccccc67)cc5)cc4)cc23)CC1. The molecule has 1 aliphatic rings. The van der Waals surface area contributed by atoms with Gasteiger partial charge in [-0.05, 0) is 139 Å². The molecule has 1 heterocycles. The number of hydrogen-bond donors (Lipinski definition) is 0. The van der Waals surface area contributed by atoms with Crippen LogP contribution in [-0.4, -0.2) is 0 Å². The van der Waals surface area contributed by atoms with Crippen molar-refractivity contribution in [2.45, 2.75) is 12.8 Å². The van der Waals surface area contributed by atoms with Gasteiger partial charge < -0.3 is 9.32 Å². The van der Waals surface area contributed by atoms with Gasteiger partial charge in [-0.3, -0.25) is 0 Å². The molecule has 0 fully saturated rings. The van der Waals surface area contributed by atoms with Crippen molar-refractivity contribution in [3.8, 4) is 33.4 Å². The zero-order valence-corrected chi connectivity index (χ0v) is 33.0. The summed E-state index contributed by atoms with van der Waals surface area (Å²) < 4.78 is 6.43. The summed E-state index contributed by atoms with van der Waals surface area (Å²) in [5.74, 6) is 0. The molecule has 0 bridgehead atoms. The van der Waals surface area contributed by atoms with Crippen LogP contribution >= 0.6 is 0 Å². The van der Waals surface area contributed by atoms with Gasteiger partial charge in [0.1, 0.15) is 11.2 Å². The van der Waals surface area contributed by atoms with Gasteiger partial charge in [-0.2, -0.15) is 0 Å². The zero-order chi connectivity index (χ0) is 39.6. The second-order valence-corrected chi connectivity index (χ2v) is 16.0. The first-order chi connectivity index (χ1) is 29.7. The summed E-state index contributed by atoms with van der Waals surface area (Å²) in [6, 6.07) is 73.0. The van der Waals surface area contributed by atoms with E-state index >= 15 is 0 Å². The number of allylic oxidation sites excluding steroid dienone is 1. The maximum absolute atomic E-state index is 6.43. The van der Waals surface area contributed by atoms with E-state index in [1.807, 2.05) is 12.1 Å². The Morgan fingerprint density at radius 3 is 1.63 bits per heavy atom. The van der Waals surface area contributed by atoms with E-state index in [1.54, 1.807) is 0 Å². The molecule has 2 nitrogen and oxygen atoms in total. The van der Waals surface area contributed by atoms with Crippen LogP contribution < -0.4 is 4.90 Å². The second-order valence-electron chi connectivity index (χ2n) is 16.0. The third-order valence-corrected chi connectivity index (χ3v) is 12.5. The number of furan rings is 1. The first kappa shape index (κ1) is 34.4.